The van der Waals surface area contributed by atoms with Crippen LogP contribution in [0.1, 0.15) is 30.8 Å². The summed E-state index contributed by atoms with van der Waals surface area (Å²) < 4.78 is 0. The van der Waals surface area contributed by atoms with E-state index in [0.29, 0.717) is 30.6 Å². The van der Waals surface area contributed by atoms with E-state index in [1.165, 1.54) is 16.7 Å². The van der Waals surface area contributed by atoms with Crippen molar-refractivity contribution < 1.29 is 14.7 Å². The molecule has 0 aliphatic carbocycles. The van der Waals surface area contributed by atoms with E-state index >= 15 is 0 Å². The van der Waals surface area contributed by atoms with Gasteiger partial charge in [-0.25, -0.2) is 9.78 Å². The highest BCUT2D eigenvalue weighted by molar-refractivity contribution is 7.13. The van der Waals surface area contributed by atoms with Crippen molar-refractivity contribution in [1.82, 2.24) is 10.3 Å². The molecule has 0 saturated heterocycles. The molecule has 0 aliphatic rings. The van der Waals surface area contributed by atoms with Crippen molar-refractivity contribution in [3.63, 3.8) is 0 Å². The van der Waals surface area contributed by atoms with Crippen LogP contribution in [0.15, 0.2) is 5.38 Å². The van der Waals surface area contributed by atoms with Gasteiger partial charge in [-0.05, 0) is 5.92 Å². The van der Waals surface area contributed by atoms with E-state index < -0.39 is 5.97 Å². The summed E-state index contributed by atoms with van der Waals surface area (Å²) in [5.41, 5.74) is 0.0201. The van der Waals surface area contributed by atoms with Crippen molar-refractivity contribution in [2.45, 2.75) is 20.3 Å². The average molecular weight is 271 g/mol. The van der Waals surface area contributed by atoms with Gasteiger partial charge in [0.25, 0.3) is 0 Å². The van der Waals surface area contributed by atoms with E-state index in [-0.39, 0.29) is 11.6 Å². The van der Waals surface area contributed by atoms with E-state index in [2.05, 4.69) is 15.6 Å². The van der Waals surface area contributed by atoms with E-state index in [0.717, 1.165) is 0 Å². The summed E-state index contributed by atoms with van der Waals surface area (Å²) in [7, 11) is 0. The highest BCUT2D eigenvalue weighted by atomic mass is 32.1. The lowest BCUT2D eigenvalue weighted by molar-refractivity contribution is -0.120. The zero-order valence-electron chi connectivity index (χ0n) is 10.4. The summed E-state index contributed by atoms with van der Waals surface area (Å²) in [6, 6.07) is 0. The Bertz CT molecular complexity index is 417. The van der Waals surface area contributed by atoms with Gasteiger partial charge in [0.15, 0.2) is 10.8 Å². The largest absolute Gasteiger partial charge is 0.476 e. The number of carboxylic acid groups (broad SMARTS) is 1. The van der Waals surface area contributed by atoms with Crippen LogP contribution in [-0.4, -0.2) is 35.1 Å². The minimum atomic E-state index is -1.05. The molecular formula is C11H17N3O3S. The molecule has 0 atom stereocenters. The van der Waals surface area contributed by atoms with Crippen LogP contribution in [0.2, 0.25) is 0 Å². The predicted octanol–water partition coefficient (Wildman–Crippen LogP) is 1.42. The van der Waals surface area contributed by atoms with Crippen LogP contribution in [0.25, 0.3) is 0 Å². The Morgan fingerprint density at radius 1 is 1.50 bits per heavy atom. The van der Waals surface area contributed by atoms with Gasteiger partial charge < -0.3 is 15.7 Å². The van der Waals surface area contributed by atoms with Crippen molar-refractivity contribution in [2.75, 3.05) is 18.4 Å². The zero-order valence-corrected chi connectivity index (χ0v) is 11.2. The van der Waals surface area contributed by atoms with Gasteiger partial charge in [-0.3, -0.25) is 4.79 Å². The number of anilines is 1. The topological polar surface area (TPSA) is 91.3 Å². The molecule has 0 aliphatic heterocycles. The number of rotatable bonds is 7. The minimum Gasteiger partial charge on any atom is -0.476 e. The van der Waals surface area contributed by atoms with Crippen molar-refractivity contribution in [3.8, 4) is 0 Å². The third-order valence-electron chi connectivity index (χ3n) is 2.06. The summed E-state index contributed by atoms with van der Waals surface area (Å²) in [6.07, 6.45) is 0.342. The maximum absolute atomic E-state index is 11.4. The van der Waals surface area contributed by atoms with Gasteiger partial charge in [0, 0.05) is 24.9 Å². The van der Waals surface area contributed by atoms with Crippen LogP contribution < -0.4 is 10.6 Å². The molecule has 7 heteroatoms. The first-order chi connectivity index (χ1) is 8.49. The number of nitrogens with zero attached hydrogens (tertiary/aromatic N) is 1. The second-order valence-electron chi connectivity index (χ2n) is 4.22. The average Bonchev–Trinajstić information content (AvgIpc) is 2.75. The molecule has 0 unspecified atom stereocenters. The summed E-state index contributed by atoms with van der Waals surface area (Å²) >= 11 is 1.21. The third kappa shape index (κ3) is 5.13. The number of amides is 1. The summed E-state index contributed by atoms with van der Waals surface area (Å²) in [5, 5.41) is 16.4. The number of carboxylic acids is 1. The minimum absolute atomic E-state index is 0.0201. The van der Waals surface area contributed by atoms with Crippen LogP contribution >= 0.6 is 11.3 Å². The quantitative estimate of drug-likeness (QED) is 0.697. The molecule has 1 aromatic rings. The lowest BCUT2D eigenvalue weighted by Gasteiger charge is -2.07. The number of aromatic nitrogens is 1. The van der Waals surface area contributed by atoms with E-state index in [9.17, 15) is 9.59 Å². The van der Waals surface area contributed by atoms with E-state index in [1.54, 1.807) is 0 Å². The van der Waals surface area contributed by atoms with Crippen molar-refractivity contribution in [1.29, 1.82) is 0 Å². The standard InChI is InChI=1S/C11H17N3O3S/c1-7(2)5-13-9(15)3-4-12-11-14-8(6-18-11)10(16)17/h6-7H,3-5H2,1-2H3,(H,12,14)(H,13,15)(H,16,17). The Hall–Kier alpha value is -1.63. The first-order valence-corrected chi connectivity index (χ1v) is 6.56. The van der Waals surface area contributed by atoms with Crippen LogP contribution in [0.5, 0.6) is 0 Å². The highest BCUT2D eigenvalue weighted by Gasteiger charge is 2.08. The molecule has 0 spiro atoms. The Kier molecular flexibility index (Phi) is 5.57. The van der Waals surface area contributed by atoms with Gasteiger partial charge >= 0.3 is 5.97 Å². The fourth-order valence-corrected chi connectivity index (χ4v) is 1.86. The van der Waals surface area contributed by atoms with Crippen molar-refractivity contribution in [3.05, 3.63) is 11.1 Å². The normalized spacial score (nSPS) is 10.4. The maximum atomic E-state index is 11.4. The second kappa shape index (κ2) is 6.95. The Labute approximate surface area is 109 Å². The van der Waals surface area contributed by atoms with E-state index in [1.807, 2.05) is 13.8 Å². The molecule has 1 amide bonds. The van der Waals surface area contributed by atoms with Crippen LogP contribution in [-0.2, 0) is 4.79 Å². The predicted molar refractivity (Wildman–Crippen MR) is 70.0 cm³/mol. The number of aromatic carboxylic acids is 1. The number of carbonyl (C=O) groups excluding carboxylic acids is 1. The summed E-state index contributed by atoms with van der Waals surface area (Å²) in [5.74, 6) is -0.640. The molecule has 1 heterocycles. The lowest BCUT2D eigenvalue weighted by atomic mass is 10.2. The number of thiazole rings is 1. The van der Waals surface area contributed by atoms with Crippen LogP contribution in [0.4, 0.5) is 5.13 Å². The van der Waals surface area contributed by atoms with Crippen molar-refractivity contribution in [2.24, 2.45) is 5.92 Å². The SMILES string of the molecule is CC(C)CNC(=O)CCNc1nc(C(=O)O)cs1. The number of carbonyl (C=O) groups is 2. The Morgan fingerprint density at radius 2 is 2.22 bits per heavy atom. The Balaban J connectivity index is 2.24. The number of hydrogen-bond acceptors (Lipinski definition) is 5. The number of hydrogen-bond donors (Lipinski definition) is 3. The first kappa shape index (κ1) is 14.4. The molecule has 3 N–H and O–H groups in total. The lowest BCUT2D eigenvalue weighted by Crippen LogP contribution is -2.28. The third-order valence-corrected chi connectivity index (χ3v) is 2.86. The zero-order chi connectivity index (χ0) is 13.5. The Morgan fingerprint density at radius 3 is 2.78 bits per heavy atom. The van der Waals surface area contributed by atoms with Crippen LogP contribution in [0.3, 0.4) is 0 Å². The number of nitrogens with one attached hydrogen (secondary N) is 2. The van der Waals surface area contributed by atoms with Gasteiger partial charge in [0.05, 0.1) is 0 Å². The van der Waals surface area contributed by atoms with Gasteiger partial charge in [0.2, 0.25) is 5.91 Å². The van der Waals surface area contributed by atoms with E-state index in [4.69, 9.17) is 5.11 Å². The molecule has 0 radical (unpaired) electrons. The maximum Gasteiger partial charge on any atom is 0.355 e. The molecule has 18 heavy (non-hydrogen) atoms. The highest BCUT2D eigenvalue weighted by Crippen LogP contribution is 2.14. The second-order valence-corrected chi connectivity index (χ2v) is 5.08. The molecule has 0 saturated carbocycles. The van der Waals surface area contributed by atoms with Crippen molar-refractivity contribution >= 4 is 28.3 Å². The summed E-state index contributed by atoms with van der Waals surface area (Å²) in [6.45, 7) is 5.17. The molecule has 0 aromatic carbocycles. The molecular weight excluding hydrogens is 254 g/mol. The van der Waals surface area contributed by atoms with Gasteiger partial charge in [-0.15, -0.1) is 11.3 Å². The first-order valence-electron chi connectivity index (χ1n) is 5.68. The van der Waals surface area contributed by atoms with Gasteiger partial charge in [0.1, 0.15) is 0 Å². The summed E-state index contributed by atoms with van der Waals surface area (Å²) in [4.78, 5) is 25.8. The monoisotopic (exact) mass is 271 g/mol. The van der Waals surface area contributed by atoms with Crippen LogP contribution in [0, 0.1) is 5.92 Å². The molecule has 0 fully saturated rings. The fraction of sp³-hybridized carbons (Fsp3) is 0.545. The molecule has 100 valence electrons. The molecule has 6 nitrogen and oxygen atoms in total. The van der Waals surface area contributed by atoms with Gasteiger partial charge in [-0.2, -0.15) is 0 Å². The fourth-order valence-electron chi connectivity index (χ4n) is 1.14. The molecule has 0 bridgehead atoms. The molecule has 1 aromatic heterocycles. The smallest absolute Gasteiger partial charge is 0.355 e. The van der Waals surface area contributed by atoms with Gasteiger partial charge in [-0.1, -0.05) is 13.8 Å². The molecule has 1 rings (SSSR count).